The molecule has 2 atom stereocenters. The molecule has 0 radical (unpaired) electrons. The van der Waals surface area contributed by atoms with Crippen molar-refractivity contribution in [2.45, 2.75) is 70.0 Å². The molecule has 0 N–H and O–H groups in total. The van der Waals surface area contributed by atoms with E-state index in [9.17, 15) is 9.59 Å². The molecule has 1 aromatic carbocycles. The second kappa shape index (κ2) is 9.90. The summed E-state index contributed by atoms with van der Waals surface area (Å²) in [5.41, 5.74) is 1.83. The zero-order valence-electron chi connectivity index (χ0n) is 18.9. The number of methoxy groups -OCH3 is 1. The Morgan fingerprint density at radius 3 is 2.55 bits per heavy atom. The molecule has 0 amide bonds. The fourth-order valence-electron chi connectivity index (χ4n) is 3.73. The third kappa shape index (κ3) is 6.60. The predicted molar refractivity (Wildman–Crippen MR) is 121 cm³/mol. The number of aryl methyl sites for hydroxylation is 1. The average molecular weight is 446 g/mol. The number of hydrogen-bond donors (Lipinski definition) is 0. The minimum absolute atomic E-state index is 0.0987. The molecule has 3 rings (SSSR count). The van der Waals surface area contributed by atoms with E-state index in [2.05, 4.69) is 4.98 Å². The van der Waals surface area contributed by atoms with Gasteiger partial charge in [-0.1, -0.05) is 0 Å². The van der Waals surface area contributed by atoms with Crippen molar-refractivity contribution in [3.8, 4) is 11.5 Å². The van der Waals surface area contributed by atoms with Gasteiger partial charge < -0.3 is 13.9 Å². The van der Waals surface area contributed by atoms with E-state index in [4.69, 9.17) is 13.9 Å². The molecule has 0 bridgehead atoms. The molecule has 1 aliphatic rings. The van der Waals surface area contributed by atoms with Crippen molar-refractivity contribution in [2.24, 2.45) is 5.92 Å². The standard InChI is InChI=1S/C24H31NO5S/c1-15-20(25-22(29-15)17-7-9-18(10-8-17)23(27)28-5)14-31-19-11-6-16(12-19)13-21(26)30-24(2,3)4/h7-10,16,19H,6,11-14H2,1-5H3/t16-,19+/m0/s1. The smallest absolute Gasteiger partial charge is 0.337 e. The molecule has 1 aliphatic carbocycles. The van der Waals surface area contributed by atoms with Crippen LogP contribution in [0.15, 0.2) is 28.7 Å². The van der Waals surface area contributed by atoms with Crippen molar-refractivity contribution in [2.75, 3.05) is 7.11 Å². The van der Waals surface area contributed by atoms with Crippen LogP contribution in [0.5, 0.6) is 0 Å². The Balaban J connectivity index is 1.52. The van der Waals surface area contributed by atoms with E-state index >= 15 is 0 Å². The topological polar surface area (TPSA) is 78.6 Å². The van der Waals surface area contributed by atoms with E-state index in [0.717, 1.165) is 42.0 Å². The van der Waals surface area contributed by atoms with Gasteiger partial charge in [0.15, 0.2) is 0 Å². The van der Waals surface area contributed by atoms with Gasteiger partial charge in [-0.15, -0.1) is 0 Å². The third-order valence-corrected chi connectivity index (χ3v) is 6.61. The van der Waals surface area contributed by atoms with Crippen molar-refractivity contribution in [1.29, 1.82) is 0 Å². The number of nitrogens with zero attached hydrogens (tertiary/aromatic N) is 1. The highest BCUT2D eigenvalue weighted by molar-refractivity contribution is 7.99. The lowest BCUT2D eigenvalue weighted by atomic mass is 10.0. The van der Waals surface area contributed by atoms with Crippen LogP contribution in [-0.2, 0) is 20.0 Å². The maximum absolute atomic E-state index is 12.1. The van der Waals surface area contributed by atoms with E-state index in [0.29, 0.717) is 29.0 Å². The van der Waals surface area contributed by atoms with Crippen LogP contribution in [0, 0.1) is 12.8 Å². The number of benzene rings is 1. The van der Waals surface area contributed by atoms with Gasteiger partial charge in [0.05, 0.1) is 18.4 Å². The summed E-state index contributed by atoms with van der Waals surface area (Å²) in [6.07, 6.45) is 3.70. The minimum atomic E-state index is -0.425. The van der Waals surface area contributed by atoms with Crippen molar-refractivity contribution < 1.29 is 23.5 Å². The van der Waals surface area contributed by atoms with Crippen LogP contribution in [0.3, 0.4) is 0 Å². The maximum Gasteiger partial charge on any atom is 0.337 e. The van der Waals surface area contributed by atoms with Gasteiger partial charge in [-0.2, -0.15) is 11.8 Å². The van der Waals surface area contributed by atoms with Crippen LogP contribution < -0.4 is 0 Å². The molecular weight excluding hydrogens is 414 g/mol. The van der Waals surface area contributed by atoms with Gasteiger partial charge in [-0.3, -0.25) is 4.79 Å². The maximum atomic E-state index is 12.1. The summed E-state index contributed by atoms with van der Waals surface area (Å²) in [6, 6.07) is 7.04. The number of carbonyl (C=O) groups is 2. The predicted octanol–water partition coefficient (Wildman–Crippen LogP) is 5.57. The fourth-order valence-corrected chi connectivity index (χ4v) is 5.11. The lowest BCUT2D eigenvalue weighted by Gasteiger charge is -2.20. The molecule has 1 fully saturated rings. The minimum Gasteiger partial charge on any atom is -0.465 e. The molecule has 7 heteroatoms. The van der Waals surface area contributed by atoms with Gasteiger partial charge in [-0.05, 0) is 77.1 Å². The number of carbonyl (C=O) groups excluding carboxylic acids is 2. The Hall–Kier alpha value is -2.28. The zero-order chi connectivity index (χ0) is 22.6. The Bertz CT molecular complexity index is 913. The Morgan fingerprint density at radius 1 is 1.19 bits per heavy atom. The summed E-state index contributed by atoms with van der Waals surface area (Å²) in [6.45, 7) is 7.63. The van der Waals surface area contributed by atoms with Gasteiger partial charge in [0.1, 0.15) is 11.4 Å². The first kappa shape index (κ1) is 23.4. The van der Waals surface area contributed by atoms with Gasteiger partial charge >= 0.3 is 11.9 Å². The molecular formula is C24H31NO5S. The first-order valence-electron chi connectivity index (χ1n) is 10.6. The lowest BCUT2D eigenvalue weighted by Crippen LogP contribution is -2.25. The largest absolute Gasteiger partial charge is 0.465 e. The van der Waals surface area contributed by atoms with E-state index in [1.165, 1.54) is 7.11 Å². The molecule has 1 saturated carbocycles. The molecule has 2 aromatic rings. The first-order chi connectivity index (χ1) is 14.6. The van der Waals surface area contributed by atoms with Crippen molar-refractivity contribution in [1.82, 2.24) is 4.98 Å². The number of rotatable bonds is 7. The second-order valence-electron chi connectivity index (χ2n) is 8.99. The molecule has 0 aliphatic heterocycles. The molecule has 0 saturated heterocycles. The highest BCUT2D eigenvalue weighted by atomic mass is 32.2. The number of thioether (sulfide) groups is 1. The van der Waals surface area contributed by atoms with Crippen molar-refractivity contribution in [3.63, 3.8) is 0 Å². The van der Waals surface area contributed by atoms with Gasteiger partial charge in [0.25, 0.3) is 0 Å². The molecule has 0 spiro atoms. The highest BCUT2D eigenvalue weighted by Crippen LogP contribution is 2.38. The second-order valence-corrected chi connectivity index (χ2v) is 10.3. The summed E-state index contributed by atoms with van der Waals surface area (Å²) < 4.78 is 16.0. The highest BCUT2D eigenvalue weighted by Gasteiger charge is 2.29. The van der Waals surface area contributed by atoms with Gasteiger partial charge in [0.2, 0.25) is 5.89 Å². The van der Waals surface area contributed by atoms with Crippen LogP contribution in [0.1, 0.15) is 68.3 Å². The Morgan fingerprint density at radius 2 is 1.90 bits per heavy atom. The summed E-state index contributed by atoms with van der Waals surface area (Å²) in [4.78, 5) is 28.3. The number of esters is 2. The summed E-state index contributed by atoms with van der Waals surface area (Å²) in [5.74, 6) is 2.07. The number of oxazole rings is 1. The van der Waals surface area contributed by atoms with E-state index in [1.54, 1.807) is 12.1 Å². The van der Waals surface area contributed by atoms with Crippen molar-refractivity contribution in [3.05, 3.63) is 41.3 Å². The van der Waals surface area contributed by atoms with E-state index in [1.807, 2.05) is 51.6 Å². The molecule has 0 unspecified atom stereocenters. The third-order valence-electron chi connectivity index (χ3n) is 5.27. The normalized spacial score (nSPS) is 18.7. The summed E-state index contributed by atoms with van der Waals surface area (Å²) in [5, 5.41) is 0.520. The van der Waals surface area contributed by atoms with Gasteiger partial charge in [-0.25, -0.2) is 9.78 Å². The Labute approximate surface area is 188 Å². The SMILES string of the molecule is COC(=O)c1ccc(-c2nc(CS[C@@H]3CC[C@H](CC(=O)OC(C)(C)C)C3)c(C)o2)cc1. The number of ether oxygens (including phenoxy) is 2. The molecule has 168 valence electrons. The average Bonchev–Trinajstić information content (AvgIpc) is 3.30. The summed E-state index contributed by atoms with van der Waals surface area (Å²) >= 11 is 1.88. The van der Waals surface area contributed by atoms with Crippen LogP contribution in [0.4, 0.5) is 0 Å². The zero-order valence-corrected chi connectivity index (χ0v) is 19.7. The van der Waals surface area contributed by atoms with Crippen LogP contribution in [0.25, 0.3) is 11.5 Å². The number of hydrogen-bond acceptors (Lipinski definition) is 7. The fraction of sp³-hybridized carbons (Fsp3) is 0.542. The quantitative estimate of drug-likeness (QED) is 0.515. The lowest BCUT2D eigenvalue weighted by molar-refractivity contribution is -0.155. The van der Waals surface area contributed by atoms with Crippen molar-refractivity contribution >= 4 is 23.7 Å². The molecule has 1 heterocycles. The van der Waals surface area contributed by atoms with Crippen LogP contribution in [0.2, 0.25) is 0 Å². The summed E-state index contributed by atoms with van der Waals surface area (Å²) in [7, 11) is 1.36. The molecule has 6 nitrogen and oxygen atoms in total. The Kier molecular flexibility index (Phi) is 7.46. The van der Waals surface area contributed by atoms with Crippen LogP contribution >= 0.6 is 11.8 Å². The first-order valence-corrected chi connectivity index (χ1v) is 11.7. The van der Waals surface area contributed by atoms with Crippen LogP contribution in [-0.4, -0.2) is 34.9 Å². The monoisotopic (exact) mass is 445 g/mol. The van der Waals surface area contributed by atoms with E-state index in [-0.39, 0.29) is 11.9 Å². The van der Waals surface area contributed by atoms with E-state index < -0.39 is 5.60 Å². The molecule has 31 heavy (non-hydrogen) atoms. The van der Waals surface area contributed by atoms with Gasteiger partial charge in [0, 0.05) is 23.0 Å². The number of aromatic nitrogens is 1. The molecule has 1 aromatic heterocycles.